The molecule has 0 aliphatic heterocycles. The topological polar surface area (TPSA) is 75.6 Å². The van der Waals surface area contributed by atoms with Crippen LogP contribution < -0.4 is 5.32 Å². The molecule has 1 amide bonds. The van der Waals surface area contributed by atoms with E-state index in [1.807, 2.05) is 32.9 Å². The summed E-state index contributed by atoms with van der Waals surface area (Å²) in [4.78, 5) is 24.2. The van der Waals surface area contributed by atoms with Crippen molar-refractivity contribution in [2.24, 2.45) is 0 Å². The van der Waals surface area contributed by atoms with Gasteiger partial charge < -0.3 is 15.2 Å². The summed E-state index contributed by atoms with van der Waals surface area (Å²) in [5.74, 6) is -0.760. The number of nitrogens with one attached hydrogen (secondary N) is 1. The van der Waals surface area contributed by atoms with Gasteiger partial charge in [-0.25, -0.2) is 4.79 Å². The Morgan fingerprint density at radius 1 is 1.29 bits per heavy atom. The van der Waals surface area contributed by atoms with Gasteiger partial charge in [0.15, 0.2) is 0 Å². The van der Waals surface area contributed by atoms with E-state index < -0.39 is 12.0 Å². The van der Waals surface area contributed by atoms with Gasteiger partial charge in [-0.2, -0.15) is 0 Å². The Labute approximate surface area is 152 Å². The SMILES string of the molecule is CC(C)(C)OCCC(NC(=O)CCSc1ccc(Cl)cc1)C(=O)O. The van der Waals surface area contributed by atoms with Gasteiger partial charge in [-0.15, -0.1) is 11.8 Å². The molecule has 1 aromatic carbocycles. The quantitative estimate of drug-likeness (QED) is 0.647. The fourth-order valence-corrected chi connectivity index (χ4v) is 2.78. The molecule has 0 heterocycles. The van der Waals surface area contributed by atoms with E-state index in [0.29, 0.717) is 10.8 Å². The molecular formula is C17H24ClNO4S. The number of benzene rings is 1. The van der Waals surface area contributed by atoms with Crippen molar-refractivity contribution in [1.82, 2.24) is 5.32 Å². The van der Waals surface area contributed by atoms with Crippen molar-refractivity contribution < 1.29 is 19.4 Å². The summed E-state index contributed by atoms with van der Waals surface area (Å²) in [5, 5.41) is 12.4. The first-order chi connectivity index (χ1) is 11.2. The van der Waals surface area contributed by atoms with Crippen LogP contribution in [-0.2, 0) is 14.3 Å². The molecule has 0 aliphatic carbocycles. The van der Waals surface area contributed by atoms with Gasteiger partial charge in [0.05, 0.1) is 5.60 Å². The van der Waals surface area contributed by atoms with E-state index in [1.165, 1.54) is 11.8 Å². The molecule has 0 radical (unpaired) electrons. The Bertz CT molecular complexity index is 543. The van der Waals surface area contributed by atoms with Crippen LogP contribution >= 0.6 is 23.4 Å². The summed E-state index contributed by atoms with van der Waals surface area (Å²) in [6.45, 7) is 5.97. The van der Waals surface area contributed by atoms with Gasteiger partial charge in [-0.05, 0) is 45.0 Å². The number of rotatable bonds is 9. The third-order valence-electron chi connectivity index (χ3n) is 2.99. The monoisotopic (exact) mass is 373 g/mol. The lowest BCUT2D eigenvalue weighted by Crippen LogP contribution is -2.42. The van der Waals surface area contributed by atoms with E-state index in [9.17, 15) is 14.7 Å². The lowest BCUT2D eigenvalue weighted by molar-refractivity contribution is -0.142. The zero-order chi connectivity index (χ0) is 18.2. The van der Waals surface area contributed by atoms with Crippen LogP contribution in [0.4, 0.5) is 0 Å². The smallest absolute Gasteiger partial charge is 0.326 e. The van der Waals surface area contributed by atoms with Gasteiger partial charge in [-0.1, -0.05) is 11.6 Å². The van der Waals surface area contributed by atoms with Crippen molar-refractivity contribution in [3.63, 3.8) is 0 Å². The maximum absolute atomic E-state index is 11.9. The average molecular weight is 374 g/mol. The molecule has 1 aromatic rings. The fourth-order valence-electron chi connectivity index (χ4n) is 1.80. The van der Waals surface area contributed by atoms with Crippen molar-refractivity contribution >= 4 is 35.2 Å². The zero-order valence-corrected chi connectivity index (χ0v) is 15.7. The van der Waals surface area contributed by atoms with Crippen LogP contribution in [0.2, 0.25) is 5.02 Å². The predicted molar refractivity (Wildman–Crippen MR) is 96.7 cm³/mol. The Kier molecular flexibility index (Phi) is 8.59. The number of carbonyl (C=O) groups is 2. The second-order valence-corrected chi connectivity index (χ2v) is 7.86. The summed E-state index contributed by atoms with van der Waals surface area (Å²) in [5.41, 5.74) is -0.331. The summed E-state index contributed by atoms with van der Waals surface area (Å²) in [6.07, 6.45) is 0.486. The molecular weight excluding hydrogens is 350 g/mol. The van der Waals surface area contributed by atoms with Gasteiger partial charge in [0.25, 0.3) is 0 Å². The molecule has 0 saturated heterocycles. The van der Waals surface area contributed by atoms with Gasteiger partial charge in [0, 0.05) is 35.1 Å². The number of carbonyl (C=O) groups excluding carboxylic acids is 1. The maximum Gasteiger partial charge on any atom is 0.326 e. The highest BCUT2D eigenvalue weighted by atomic mass is 35.5. The highest BCUT2D eigenvalue weighted by molar-refractivity contribution is 7.99. The largest absolute Gasteiger partial charge is 0.480 e. The van der Waals surface area contributed by atoms with Crippen LogP contribution in [0.25, 0.3) is 0 Å². The summed E-state index contributed by atoms with van der Waals surface area (Å²) < 4.78 is 5.51. The molecule has 0 spiro atoms. The highest BCUT2D eigenvalue weighted by Crippen LogP contribution is 2.20. The average Bonchev–Trinajstić information content (AvgIpc) is 2.47. The van der Waals surface area contributed by atoms with Gasteiger partial charge in [0.2, 0.25) is 5.91 Å². The molecule has 1 atom stereocenters. The second kappa shape index (κ2) is 9.91. The van der Waals surface area contributed by atoms with Crippen LogP contribution in [-0.4, -0.2) is 41.0 Å². The first-order valence-electron chi connectivity index (χ1n) is 7.72. The Hall–Kier alpha value is -1.24. The van der Waals surface area contributed by atoms with E-state index in [2.05, 4.69) is 5.32 Å². The van der Waals surface area contributed by atoms with E-state index in [-0.39, 0.29) is 31.0 Å². The first kappa shape index (κ1) is 20.8. The molecule has 0 bridgehead atoms. The van der Waals surface area contributed by atoms with E-state index in [4.69, 9.17) is 16.3 Å². The molecule has 0 fully saturated rings. The number of thioether (sulfide) groups is 1. The van der Waals surface area contributed by atoms with Gasteiger partial charge in [0.1, 0.15) is 6.04 Å². The van der Waals surface area contributed by atoms with E-state index in [1.54, 1.807) is 12.1 Å². The number of halogens is 1. The molecule has 7 heteroatoms. The van der Waals surface area contributed by atoms with Crippen LogP contribution in [0.5, 0.6) is 0 Å². The molecule has 5 nitrogen and oxygen atoms in total. The molecule has 0 aromatic heterocycles. The Balaban J connectivity index is 2.34. The van der Waals surface area contributed by atoms with Crippen molar-refractivity contribution in [3.8, 4) is 0 Å². The third-order valence-corrected chi connectivity index (χ3v) is 4.25. The van der Waals surface area contributed by atoms with E-state index >= 15 is 0 Å². The minimum atomic E-state index is -1.05. The van der Waals surface area contributed by atoms with Crippen LogP contribution in [0.3, 0.4) is 0 Å². The summed E-state index contributed by atoms with van der Waals surface area (Å²) >= 11 is 7.34. The van der Waals surface area contributed by atoms with Crippen molar-refractivity contribution in [1.29, 1.82) is 0 Å². The van der Waals surface area contributed by atoms with E-state index in [0.717, 1.165) is 4.90 Å². The number of ether oxygens (including phenoxy) is 1. The Morgan fingerprint density at radius 2 is 1.92 bits per heavy atom. The molecule has 1 rings (SSSR count). The standard InChI is InChI=1S/C17H24ClNO4S/c1-17(2,3)23-10-8-14(16(21)22)19-15(20)9-11-24-13-6-4-12(18)5-7-13/h4-7,14H,8-11H2,1-3H3,(H,19,20)(H,21,22). The normalized spacial score (nSPS) is 12.7. The predicted octanol–water partition coefficient (Wildman–Crippen LogP) is 3.60. The first-order valence-corrected chi connectivity index (χ1v) is 9.08. The summed E-state index contributed by atoms with van der Waals surface area (Å²) in [7, 11) is 0. The minimum absolute atomic E-state index is 0.239. The van der Waals surface area contributed by atoms with Crippen LogP contribution in [0.1, 0.15) is 33.6 Å². The van der Waals surface area contributed by atoms with Crippen molar-refractivity contribution in [2.75, 3.05) is 12.4 Å². The van der Waals surface area contributed by atoms with Crippen LogP contribution in [0.15, 0.2) is 29.2 Å². The Morgan fingerprint density at radius 3 is 2.46 bits per heavy atom. The second-order valence-electron chi connectivity index (χ2n) is 6.26. The fraction of sp³-hybridized carbons (Fsp3) is 0.529. The number of aliphatic carboxylic acids is 1. The number of hydrogen-bond donors (Lipinski definition) is 2. The van der Waals surface area contributed by atoms with Gasteiger partial charge >= 0.3 is 5.97 Å². The minimum Gasteiger partial charge on any atom is -0.480 e. The molecule has 134 valence electrons. The maximum atomic E-state index is 11.9. The molecule has 0 saturated carbocycles. The zero-order valence-electron chi connectivity index (χ0n) is 14.2. The summed E-state index contributed by atoms with van der Waals surface area (Å²) in [6, 6.07) is 6.42. The molecule has 2 N–H and O–H groups in total. The van der Waals surface area contributed by atoms with Gasteiger partial charge in [-0.3, -0.25) is 4.79 Å². The lowest BCUT2D eigenvalue weighted by atomic mass is 10.1. The van der Waals surface area contributed by atoms with Crippen LogP contribution in [0, 0.1) is 0 Å². The molecule has 0 aliphatic rings. The third kappa shape index (κ3) is 9.15. The van der Waals surface area contributed by atoms with Crippen molar-refractivity contribution in [2.45, 2.75) is 50.2 Å². The molecule has 1 unspecified atom stereocenters. The number of carboxylic acid groups (broad SMARTS) is 1. The lowest BCUT2D eigenvalue weighted by Gasteiger charge is -2.21. The number of amides is 1. The molecule has 24 heavy (non-hydrogen) atoms. The highest BCUT2D eigenvalue weighted by Gasteiger charge is 2.21. The van der Waals surface area contributed by atoms with Crippen molar-refractivity contribution in [3.05, 3.63) is 29.3 Å². The number of carboxylic acids is 1. The number of hydrogen-bond acceptors (Lipinski definition) is 4.